The highest BCUT2D eigenvalue weighted by Gasteiger charge is 2.04. The Hall–Kier alpha value is -3.52. The van der Waals surface area contributed by atoms with Crippen LogP contribution in [0.15, 0.2) is 113 Å². The van der Waals surface area contributed by atoms with E-state index in [9.17, 15) is 0 Å². The highest BCUT2D eigenvalue weighted by molar-refractivity contribution is 6.04. The number of aliphatic imine (C=N–C) groups is 2. The van der Waals surface area contributed by atoms with Crippen molar-refractivity contribution in [2.75, 3.05) is 0 Å². The Bertz CT molecular complexity index is 1080. The maximum Gasteiger partial charge on any atom is 0.0729 e. The molecule has 0 amide bonds. The number of allylic oxidation sites excluding steroid dienone is 6. The van der Waals surface area contributed by atoms with E-state index in [1.807, 2.05) is 73.1 Å². The van der Waals surface area contributed by atoms with Gasteiger partial charge in [0.05, 0.1) is 11.4 Å². The van der Waals surface area contributed by atoms with Crippen molar-refractivity contribution in [2.24, 2.45) is 9.98 Å². The third kappa shape index (κ3) is 4.18. The second kappa shape index (κ2) is 8.24. The van der Waals surface area contributed by atoms with Crippen LogP contribution >= 0.6 is 0 Å². The fourth-order valence-electron chi connectivity index (χ4n) is 3.04. The van der Waals surface area contributed by atoms with Crippen molar-refractivity contribution in [3.05, 3.63) is 108 Å². The van der Waals surface area contributed by atoms with Crippen molar-refractivity contribution in [1.82, 2.24) is 0 Å². The lowest BCUT2D eigenvalue weighted by Crippen LogP contribution is -1.82. The first-order chi connectivity index (χ1) is 13.4. The molecule has 0 N–H and O–H groups in total. The van der Waals surface area contributed by atoms with Gasteiger partial charge in [-0.05, 0) is 35.1 Å². The van der Waals surface area contributed by atoms with Gasteiger partial charge >= 0.3 is 0 Å². The molecule has 130 valence electrons. The van der Waals surface area contributed by atoms with E-state index in [1.165, 1.54) is 0 Å². The molecule has 0 bridgehead atoms. The average Bonchev–Trinajstić information content (AvgIpc) is 3.00. The third-order valence-electron chi connectivity index (χ3n) is 4.39. The zero-order valence-electron chi connectivity index (χ0n) is 15.0. The zero-order chi connectivity index (χ0) is 18.3. The molecule has 1 aliphatic rings. The van der Waals surface area contributed by atoms with Crippen LogP contribution in [0.25, 0.3) is 10.8 Å². The number of nitrogens with zero attached hydrogens (tertiary/aromatic N) is 2. The maximum atomic E-state index is 4.77. The summed E-state index contributed by atoms with van der Waals surface area (Å²) in [6.45, 7) is 0. The van der Waals surface area contributed by atoms with Gasteiger partial charge in [0.15, 0.2) is 0 Å². The van der Waals surface area contributed by atoms with Gasteiger partial charge in [-0.1, -0.05) is 85.0 Å². The molecule has 3 aromatic rings. The molecule has 2 nitrogen and oxygen atoms in total. The van der Waals surface area contributed by atoms with E-state index in [1.54, 1.807) is 0 Å². The normalized spacial score (nSPS) is 14.1. The maximum absolute atomic E-state index is 4.77. The van der Waals surface area contributed by atoms with Crippen LogP contribution in [-0.4, -0.2) is 12.4 Å². The molecule has 1 aliphatic carbocycles. The predicted molar refractivity (Wildman–Crippen MR) is 117 cm³/mol. The Balaban J connectivity index is 1.73. The molecule has 0 saturated heterocycles. The predicted octanol–water partition coefficient (Wildman–Crippen LogP) is 6.74. The molecular formula is C25H20N2. The Labute approximate surface area is 159 Å². The number of hydrogen-bond acceptors (Lipinski definition) is 2. The highest BCUT2D eigenvalue weighted by atomic mass is 14.8. The van der Waals surface area contributed by atoms with Crippen molar-refractivity contribution in [1.29, 1.82) is 0 Å². The molecule has 0 aromatic heterocycles. The Kier molecular flexibility index (Phi) is 5.16. The van der Waals surface area contributed by atoms with Gasteiger partial charge in [-0.3, -0.25) is 9.98 Å². The molecule has 4 rings (SSSR count). The summed E-state index contributed by atoms with van der Waals surface area (Å²) in [7, 11) is 0. The summed E-state index contributed by atoms with van der Waals surface area (Å²) in [5, 5.41) is 2.21. The summed E-state index contributed by atoms with van der Waals surface area (Å²) in [4.78, 5) is 9.51. The lowest BCUT2D eigenvalue weighted by Gasteiger charge is -2.06. The lowest BCUT2D eigenvalue weighted by atomic mass is 10.1. The molecular weight excluding hydrogens is 328 g/mol. The first-order valence-electron chi connectivity index (χ1n) is 9.08. The minimum absolute atomic E-state index is 0.927. The molecule has 0 saturated carbocycles. The molecule has 0 fully saturated rings. The van der Waals surface area contributed by atoms with E-state index in [-0.39, 0.29) is 0 Å². The lowest BCUT2D eigenvalue weighted by molar-refractivity contribution is 1.39. The Morgan fingerprint density at radius 1 is 0.704 bits per heavy atom. The van der Waals surface area contributed by atoms with Crippen LogP contribution in [0.2, 0.25) is 0 Å². The Morgan fingerprint density at radius 3 is 2.22 bits per heavy atom. The molecule has 0 radical (unpaired) electrons. The first-order valence-corrected chi connectivity index (χ1v) is 9.08. The molecule has 0 aliphatic heterocycles. The van der Waals surface area contributed by atoms with Gasteiger partial charge in [0.25, 0.3) is 0 Å². The Morgan fingerprint density at radius 2 is 1.44 bits per heavy atom. The average molecular weight is 348 g/mol. The van der Waals surface area contributed by atoms with E-state index >= 15 is 0 Å². The van der Waals surface area contributed by atoms with Crippen LogP contribution in [0.3, 0.4) is 0 Å². The quantitative estimate of drug-likeness (QED) is 0.467. The minimum atomic E-state index is 0.927. The fourth-order valence-corrected chi connectivity index (χ4v) is 3.04. The summed E-state index contributed by atoms with van der Waals surface area (Å²) in [5.41, 5.74) is 4.05. The fraction of sp³-hybridized carbons (Fsp3) is 0.0400. The van der Waals surface area contributed by atoms with Crippen LogP contribution in [0.1, 0.15) is 12.0 Å². The first kappa shape index (κ1) is 16.9. The van der Waals surface area contributed by atoms with Gasteiger partial charge in [0.1, 0.15) is 0 Å². The summed E-state index contributed by atoms with van der Waals surface area (Å²) in [6.07, 6.45) is 15.2. The molecule has 0 atom stereocenters. The topological polar surface area (TPSA) is 24.7 Å². The van der Waals surface area contributed by atoms with Crippen molar-refractivity contribution >= 4 is 34.6 Å². The summed E-state index contributed by atoms with van der Waals surface area (Å²) < 4.78 is 0. The van der Waals surface area contributed by atoms with E-state index in [4.69, 9.17) is 9.98 Å². The highest BCUT2D eigenvalue weighted by Crippen LogP contribution is 2.34. The van der Waals surface area contributed by atoms with E-state index in [0.717, 1.165) is 39.7 Å². The standard InChI is InChI=1S/C25H20N2/c1-2-5-11-20(10-4-1)18-26-23-16-8-14-22-15-9-17-24(25(22)23)27-19-21-12-6-3-7-13-21/h1-4,6-19H,5H2. The van der Waals surface area contributed by atoms with Crippen molar-refractivity contribution < 1.29 is 0 Å². The van der Waals surface area contributed by atoms with Crippen molar-refractivity contribution in [2.45, 2.75) is 6.42 Å². The smallest absolute Gasteiger partial charge is 0.0729 e. The number of hydrogen-bond donors (Lipinski definition) is 0. The van der Waals surface area contributed by atoms with E-state index in [2.05, 4.69) is 36.4 Å². The molecule has 3 aromatic carbocycles. The van der Waals surface area contributed by atoms with E-state index < -0.39 is 0 Å². The second-order valence-corrected chi connectivity index (χ2v) is 6.31. The minimum Gasteiger partial charge on any atom is -0.256 e. The number of fused-ring (bicyclic) bond motifs is 1. The largest absolute Gasteiger partial charge is 0.256 e. The van der Waals surface area contributed by atoms with Gasteiger partial charge in [0, 0.05) is 17.8 Å². The molecule has 0 heterocycles. The molecule has 0 unspecified atom stereocenters. The zero-order valence-corrected chi connectivity index (χ0v) is 15.0. The van der Waals surface area contributed by atoms with Crippen molar-refractivity contribution in [3.8, 4) is 0 Å². The van der Waals surface area contributed by atoms with Gasteiger partial charge in [-0.2, -0.15) is 0 Å². The van der Waals surface area contributed by atoms with Crippen molar-refractivity contribution in [3.63, 3.8) is 0 Å². The molecule has 0 spiro atoms. The number of rotatable bonds is 4. The van der Waals surface area contributed by atoms with E-state index in [0.29, 0.717) is 0 Å². The SMILES string of the molecule is C1=CCC=C(C=Nc2cccc3cccc(N=Cc4ccccc4)c23)C=C1. The summed E-state index contributed by atoms with van der Waals surface area (Å²) >= 11 is 0. The monoisotopic (exact) mass is 348 g/mol. The van der Waals surface area contributed by atoms with Gasteiger partial charge in [-0.25, -0.2) is 0 Å². The number of benzene rings is 3. The summed E-state index contributed by atoms with van der Waals surface area (Å²) in [6, 6.07) is 22.5. The van der Waals surface area contributed by atoms with Crippen LogP contribution in [0, 0.1) is 0 Å². The summed E-state index contributed by atoms with van der Waals surface area (Å²) in [5.74, 6) is 0. The van der Waals surface area contributed by atoms with Crippen LogP contribution in [-0.2, 0) is 0 Å². The molecule has 2 heteroatoms. The van der Waals surface area contributed by atoms with Gasteiger partial charge < -0.3 is 0 Å². The van der Waals surface area contributed by atoms with Gasteiger partial charge in [-0.15, -0.1) is 0 Å². The molecule has 27 heavy (non-hydrogen) atoms. The second-order valence-electron chi connectivity index (χ2n) is 6.31. The van der Waals surface area contributed by atoms with Crippen LogP contribution in [0.4, 0.5) is 11.4 Å². The van der Waals surface area contributed by atoms with Gasteiger partial charge in [0.2, 0.25) is 0 Å². The van der Waals surface area contributed by atoms with Crippen LogP contribution < -0.4 is 0 Å². The van der Waals surface area contributed by atoms with Crippen LogP contribution in [0.5, 0.6) is 0 Å². The third-order valence-corrected chi connectivity index (χ3v) is 4.39.